The van der Waals surface area contributed by atoms with Gasteiger partial charge in [0.25, 0.3) is 0 Å². The molecule has 0 amide bonds. The van der Waals surface area contributed by atoms with Crippen molar-refractivity contribution in [2.24, 2.45) is 0 Å². The Morgan fingerprint density at radius 1 is 1.08 bits per heavy atom. The summed E-state index contributed by atoms with van der Waals surface area (Å²) in [5.74, 6) is 1.06. The standard InChI is InChI=1S/C18H23N5O2/c1-2-4-15(5-3-1)6-9-19-17-21-16(14-20-22-17)23-10-7-18(8-11-23)24-12-13-25-18/h1-5,14H,6-13H2,(H,19,21,22). The fraction of sp³-hybridized carbons (Fsp3) is 0.500. The topological polar surface area (TPSA) is 72.4 Å². The molecule has 0 atom stereocenters. The van der Waals surface area contributed by atoms with Crippen LogP contribution in [0.4, 0.5) is 11.8 Å². The van der Waals surface area contributed by atoms with Gasteiger partial charge in [-0.15, -0.1) is 5.10 Å². The summed E-state index contributed by atoms with van der Waals surface area (Å²) in [6.45, 7) is 3.87. The predicted molar refractivity (Wildman–Crippen MR) is 94.5 cm³/mol. The molecule has 0 bridgehead atoms. The smallest absolute Gasteiger partial charge is 0.244 e. The van der Waals surface area contributed by atoms with Crippen molar-refractivity contribution in [3.05, 3.63) is 42.1 Å². The minimum atomic E-state index is -0.367. The first-order chi connectivity index (χ1) is 12.3. The van der Waals surface area contributed by atoms with Crippen molar-refractivity contribution in [3.63, 3.8) is 0 Å². The highest BCUT2D eigenvalue weighted by Gasteiger charge is 2.40. The van der Waals surface area contributed by atoms with E-state index < -0.39 is 0 Å². The molecule has 0 saturated carbocycles. The summed E-state index contributed by atoms with van der Waals surface area (Å²) in [7, 11) is 0. The quantitative estimate of drug-likeness (QED) is 0.890. The van der Waals surface area contributed by atoms with Crippen LogP contribution in [0.15, 0.2) is 36.5 Å². The molecule has 4 rings (SSSR count). The van der Waals surface area contributed by atoms with E-state index in [1.165, 1.54) is 5.56 Å². The van der Waals surface area contributed by atoms with Gasteiger partial charge >= 0.3 is 0 Å². The lowest BCUT2D eigenvalue weighted by Crippen LogP contribution is -2.45. The molecule has 3 heterocycles. The van der Waals surface area contributed by atoms with E-state index in [2.05, 4.69) is 49.7 Å². The first-order valence-electron chi connectivity index (χ1n) is 8.83. The van der Waals surface area contributed by atoms with Crippen LogP contribution in [-0.4, -0.2) is 53.8 Å². The Bertz CT molecular complexity index is 681. The van der Waals surface area contributed by atoms with Crippen LogP contribution < -0.4 is 10.2 Å². The summed E-state index contributed by atoms with van der Waals surface area (Å²) in [4.78, 5) is 6.82. The molecular formula is C18H23N5O2. The van der Waals surface area contributed by atoms with Crippen LogP contribution in [0.3, 0.4) is 0 Å². The van der Waals surface area contributed by atoms with Crippen molar-refractivity contribution in [2.45, 2.75) is 25.0 Å². The molecular weight excluding hydrogens is 318 g/mol. The number of nitrogens with one attached hydrogen (secondary N) is 1. The molecule has 1 N–H and O–H groups in total. The van der Waals surface area contributed by atoms with E-state index in [0.717, 1.165) is 44.7 Å². The number of anilines is 2. The van der Waals surface area contributed by atoms with Crippen LogP contribution in [-0.2, 0) is 15.9 Å². The Balaban J connectivity index is 1.32. The van der Waals surface area contributed by atoms with Gasteiger partial charge in [0.15, 0.2) is 11.6 Å². The second-order valence-electron chi connectivity index (χ2n) is 6.40. The fourth-order valence-corrected chi connectivity index (χ4v) is 3.35. The van der Waals surface area contributed by atoms with Crippen LogP contribution in [0.5, 0.6) is 0 Å². The summed E-state index contributed by atoms with van der Waals surface area (Å²) in [6.07, 6.45) is 4.35. The average molecular weight is 341 g/mol. The molecule has 1 spiro atoms. The van der Waals surface area contributed by atoms with Crippen LogP contribution in [0.2, 0.25) is 0 Å². The minimum Gasteiger partial charge on any atom is -0.355 e. The van der Waals surface area contributed by atoms with E-state index in [-0.39, 0.29) is 5.79 Å². The van der Waals surface area contributed by atoms with E-state index in [0.29, 0.717) is 19.2 Å². The SMILES string of the molecule is c1ccc(CCNc2nncc(N3CCC4(CC3)OCCO4)n2)cc1. The second-order valence-corrected chi connectivity index (χ2v) is 6.40. The maximum atomic E-state index is 5.77. The molecule has 7 nitrogen and oxygen atoms in total. The highest BCUT2D eigenvalue weighted by molar-refractivity contribution is 5.41. The number of rotatable bonds is 5. The number of aromatic nitrogens is 3. The van der Waals surface area contributed by atoms with Gasteiger partial charge in [-0.2, -0.15) is 10.1 Å². The summed E-state index contributed by atoms with van der Waals surface area (Å²) in [5.41, 5.74) is 1.29. The molecule has 132 valence electrons. The zero-order valence-corrected chi connectivity index (χ0v) is 14.2. The number of nitrogens with zero attached hydrogens (tertiary/aromatic N) is 4. The number of hydrogen-bond acceptors (Lipinski definition) is 7. The summed E-state index contributed by atoms with van der Waals surface area (Å²) >= 11 is 0. The maximum Gasteiger partial charge on any atom is 0.244 e. The fourth-order valence-electron chi connectivity index (χ4n) is 3.35. The van der Waals surface area contributed by atoms with Gasteiger partial charge in [0.05, 0.1) is 19.4 Å². The van der Waals surface area contributed by atoms with Crippen molar-refractivity contribution >= 4 is 11.8 Å². The Labute approximate surface area is 147 Å². The third-order valence-corrected chi connectivity index (χ3v) is 4.75. The van der Waals surface area contributed by atoms with E-state index in [1.807, 2.05) is 6.07 Å². The molecule has 2 saturated heterocycles. The highest BCUT2D eigenvalue weighted by atomic mass is 16.7. The van der Waals surface area contributed by atoms with Crippen LogP contribution in [0, 0.1) is 0 Å². The van der Waals surface area contributed by atoms with E-state index in [1.54, 1.807) is 6.20 Å². The van der Waals surface area contributed by atoms with Gasteiger partial charge in [0.1, 0.15) is 0 Å². The molecule has 2 aliphatic heterocycles. The van der Waals surface area contributed by atoms with Gasteiger partial charge in [-0.25, -0.2) is 0 Å². The number of piperidine rings is 1. The Hall–Kier alpha value is -2.25. The molecule has 2 aliphatic rings. The normalized spacial score (nSPS) is 19.3. The first kappa shape index (κ1) is 16.2. The number of benzene rings is 1. The van der Waals surface area contributed by atoms with Crippen molar-refractivity contribution < 1.29 is 9.47 Å². The van der Waals surface area contributed by atoms with Gasteiger partial charge in [-0.3, -0.25) is 0 Å². The van der Waals surface area contributed by atoms with Gasteiger partial charge in [-0.1, -0.05) is 30.3 Å². The minimum absolute atomic E-state index is 0.367. The van der Waals surface area contributed by atoms with Gasteiger partial charge in [0, 0.05) is 32.5 Å². The van der Waals surface area contributed by atoms with Crippen LogP contribution >= 0.6 is 0 Å². The molecule has 0 unspecified atom stereocenters. The molecule has 2 aromatic rings. The van der Waals surface area contributed by atoms with E-state index in [4.69, 9.17) is 9.47 Å². The third kappa shape index (κ3) is 3.88. The third-order valence-electron chi connectivity index (χ3n) is 4.75. The molecule has 0 radical (unpaired) electrons. The number of hydrogen-bond donors (Lipinski definition) is 1. The summed E-state index contributed by atoms with van der Waals surface area (Å²) in [5, 5.41) is 11.4. The van der Waals surface area contributed by atoms with E-state index in [9.17, 15) is 0 Å². The van der Waals surface area contributed by atoms with E-state index >= 15 is 0 Å². The van der Waals surface area contributed by atoms with Crippen LogP contribution in [0.1, 0.15) is 18.4 Å². The zero-order chi connectivity index (χ0) is 17.0. The Kier molecular flexibility index (Phi) is 4.76. The summed E-state index contributed by atoms with van der Waals surface area (Å²) < 4.78 is 11.5. The first-order valence-corrected chi connectivity index (χ1v) is 8.83. The van der Waals surface area contributed by atoms with Gasteiger partial charge in [-0.05, 0) is 12.0 Å². The molecule has 2 fully saturated rings. The molecule has 7 heteroatoms. The monoisotopic (exact) mass is 341 g/mol. The second kappa shape index (κ2) is 7.33. The van der Waals surface area contributed by atoms with Crippen molar-refractivity contribution in [2.75, 3.05) is 43.1 Å². The lowest BCUT2D eigenvalue weighted by Gasteiger charge is -2.37. The van der Waals surface area contributed by atoms with Gasteiger partial charge in [0.2, 0.25) is 5.95 Å². The largest absolute Gasteiger partial charge is 0.355 e. The van der Waals surface area contributed by atoms with Crippen molar-refractivity contribution in [1.29, 1.82) is 0 Å². The molecule has 1 aromatic heterocycles. The van der Waals surface area contributed by atoms with Crippen molar-refractivity contribution in [1.82, 2.24) is 15.2 Å². The lowest BCUT2D eigenvalue weighted by molar-refractivity contribution is -0.169. The molecule has 25 heavy (non-hydrogen) atoms. The summed E-state index contributed by atoms with van der Waals surface area (Å²) in [6, 6.07) is 10.4. The Morgan fingerprint density at radius 2 is 1.84 bits per heavy atom. The lowest BCUT2D eigenvalue weighted by atomic mass is 10.0. The number of ether oxygens (including phenoxy) is 2. The maximum absolute atomic E-state index is 5.77. The van der Waals surface area contributed by atoms with Crippen LogP contribution in [0.25, 0.3) is 0 Å². The predicted octanol–water partition coefficient (Wildman–Crippen LogP) is 1.87. The Morgan fingerprint density at radius 3 is 2.60 bits per heavy atom. The van der Waals surface area contributed by atoms with Gasteiger partial charge < -0.3 is 19.7 Å². The highest BCUT2D eigenvalue weighted by Crippen LogP contribution is 2.32. The molecule has 0 aliphatic carbocycles. The zero-order valence-electron chi connectivity index (χ0n) is 14.2. The average Bonchev–Trinajstić information content (AvgIpc) is 3.12. The molecule has 1 aromatic carbocycles. The van der Waals surface area contributed by atoms with Crippen molar-refractivity contribution in [3.8, 4) is 0 Å².